The van der Waals surface area contributed by atoms with E-state index >= 15 is 0 Å². The second kappa shape index (κ2) is 4.05. The SMILES string of the molecule is NCc1ccc(S(=O)(=O)N2CC3CCC2C3)s1. The highest BCUT2D eigenvalue weighted by Gasteiger charge is 2.44. The number of piperidine rings is 1. The van der Waals surface area contributed by atoms with Gasteiger partial charge in [0.2, 0.25) is 0 Å². The highest BCUT2D eigenvalue weighted by Crippen LogP contribution is 2.41. The standard InChI is InChI=1S/C11H16N2O2S2/c12-6-10-3-4-11(16-10)17(14,15)13-7-8-1-2-9(13)5-8/h3-4,8-9H,1-2,5-7,12H2. The van der Waals surface area contributed by atoms with Crippen molar-refractivity contribution >= 4 is 21.4 Å². The van der Waals surface area contributed by atoms with Gasteiger partial charge >= 0.3 is 0 Å². The van der Waals surface area contributed by atoms with Crippen LogP contribution in [-0.2, 0) is 16.6 Å². The Kier molecular flexibility index (Phi) is 2.77. The first-order valence-electron chi connectivity index (χ1n) is 5.92. The molecule has 0 amide bonds. The number of rotatable bonds is 3. The van der Waals surface area contributed by atoms with E-state index in [9.17, 15) is 8.42 Å². The summed E-state index contributed by atoms with van der Waals surface area (Å²) in [5, 5.41) is 0. The molecule has 2 heterocycles. The van der Waals surface area contributed by atoms with Crippen molar-refractivity contribution in [1.29, 1.82) is 0 Å². The van der Waals surface area contributed by atoms with Crippen LogP contribution >= 0.6 is 11.3 Å². The minimum Gasteiger partial charge on any atom is -0.326 e. The number of fused-ring (bicyclic) bond motifs is 2. The Labute approximate surface area is 105 Å². The minimum absolute atomic E-state index is 0.244. The van der Waals surface area contributed by atoms with E-state index in [-0.39, 0.29) is 6.04 Å². The predicted octanol–water partition coefficient (Wildman–Crippen LogP) is 1.38. The van der Waals surface area contributed by atoms with Gasteiger partial charge in [0.05, 0.1) is 0 Å². The van der Waals surface area contributed by atoms with E-state index in [1.807, 2.05) is 6.07 Å². The summed E-state index contributed by atoms with van der Waals surface area (Å²) in [4.78, 5) is 0.924. The van der Waals surface area contributed by atoms with E-state index in [4.69, 9.17) is 5.73 Å². The Bertz CT molecular complexity index is 523. The van der Waals surface area contributed by atoms with Crippen molar-refractivity contribution in [3.8, 4) is 0 Å². The lowest BCUT2D eigenvalue weighted by atomic mass is 10.1. The maximum atomic E-state index is 12.4. The van der Waals surface area contributed by atoms with Gasteiger partial charge in [-0.15, -0.1) is 11.3 Å². The Balaban J connectivity index is 1.90. The molecule has 2 bridgehead atoms. The fourth-order valence-corrected chi connectivity index (χ4v) is 6.00. The first-order valence-corrected chi connectivity index (χ1v) is 8.17. The molecule has 1 aromatic heterocycles. The molecule has 1 aromatic rings. The summed E-state index contributed by atoms with van der Waals surface area (Å²) in [6.45, 7) is 1.12. The van der Waals surface area contributed by atoms with Crippen LogP contribution in [0.1, 0.15) is 24.1 Å². The van der Waals surface area contributed by atoms with Crippen molar-refractivity contribution in [3.63, 3.8) is 0 Å². The predicted molar refractivity (Wildman–Crippen MR) is 67.2 cm³/mol. The molecule has 1 aliphatic carbocycles. The summed E-state index contributed by atoms with van der Waals surface area (Å²) in [5.74, 6) is 0.587. The summed E-state index contributed by atoms with van der Waals surface area (Å²) in [6, 6.07) is 3.74. The summed E-state index contributed by atoms with van der Waals surface area (Å²) in [5.41, 5.74) is 5.52. The third-order valence-electron chi connectivity index (χ3n) is 3.76. The molecule has 0 aromatic carbocycles. The second-order valence-electron chi connectivity index (χ2n) is 4.83. The van der Waals surface area contributed by atoms with Gasteiger partial charge in [-0.05, 0) is 37.3 Å². The Hall–Kier alpha value is -0.430. The van der Waals surface area contributed by atoms with Crippen LogP contribution in [0, 0.1) is 5.92 Å². The molecule has 0 radical (unpaired) electrons. The Morgan fingerprint density at radius 3 is 2.76 bits per heavy atom. The van der Waals surface area contributed by atoms with Crippen LogP contribution in [0.3, 0.4) is 0 Å². The zero-order valence-corrected chi connectivity index (χ0v) is 11.1. The van der Waals surface area contributed by atoms with Gasteiger partial charge in [0.25, 0.3) is 10.0 Å². The highest BCUT2D eigenvalue weighted by molar-refractivity contribution is 7.91. The third kappa shape index (κ3) is 1.83. The number of sulfonamides is 1. The first kappa shape index (κ1) is 11.6. The number of nitrogens with zero attached hydrogens (tertiary/aromatic N) is 1. The molecule has 0 spiro atoms. The van der Waals surface area contributed by atoms with E-state index in [0.717, 1.165) is 17.7 Å². The van der Waals surface area contributed by atoms with Crippen LogP contribution in [0.2, 0.25) is 0 Å². The van der Waals surface area contributed by atoms with E-state index in [0.29, 0.717) is 23.2 Å². The van der Waals surface area contributed by atoms with Crippen molar-refractivity contribution < 1.29 is 8.42 Å². The quantitative estimate of drug-likeness (QED) is 0.904. The molecule has 2 aliphatic rings. The molecule has 3 rings (SSSR count). The normalized spacial score (nSPS) is 29.0. The molecule has 4 nitrogen and oxygen atoms in total. The van der Waals surface area contributed by atoms with E-state index in [1.165, 1.54) is 17.8 Å². The van der Waals surface area contributed by atoms with Crippen molar-refractivity contribution in [2.45, 2.75) is 36.1 Å². The van der Waals surface area contributed by atoms with Crippen LogP contribution in [-0.4, -0.2) is 25.3 Å². The van der Waals surface area contributed by atoms with Gasteiger partial charge in [0, 0.05) is 24.0 Å². The molecule has 2 fully saturated rings. The van der Waals surface area contributed by atoms with Gasteiger partial charge in [0.15, 0.2) is 0 Å². The van der Waals surface area contributed by atoms with Crippen LogP contribution in [0.5, 0.6) is 0 Å². The van der Waals surface area contributed by atoms with Crippen molar-refractivity contribution in [2.75, 3.05) is 6.54 Å². The lowest BCUT2D eigenvalue weighted by Crippen LogP contribution is -2.37. The summed E-state index contributed by atoms with van der Waals surface area (Å²) >= 11 is 1.30. The molecule has 2 atom stereocenters. The zero-order valence-electron chi connectivity index (χ0n) is 9.50. The molecule has 94 valence electrons. The van der Waals surface area contributed by atoms with Crippen molar-refractivity contribution in [2.24, 2.45) is 11.7 Å². The summed E-state index contributed by atoms with van der Waals surface area (Å²) in [7, 11) is -3.26. The largest absolute Gasteiger partial charge is 0.326 e. The lowest BCUT2D eigenvalue weighted by Gasteiger charge is -2.25. The number of hydrogen-bond donors (Lipinski definition) is 1. The molecule has 1 aliphatic heterocycles. The molecule has 2 unspecified atom stereocenters. The zero-order chi connectivity index (χ0) is 12.0. The van der Waals surface area contributed by atoms with Crippen molar-refractivity contribution in [3.05, 3.63) is 17.0 Å². The van der Waals surface area contributed by atoms with Crippen LogP contribution in [0.15, 0.2) is 16.3 Å². The van der Waals surface area contributed by atoms with Gasteiger partial charge in [-0.1, -0.05) is 0 Å². The van der Waals surface area contributed by atoms with Gasteiger partial charge in [0.1, 0.15) is 4.21 Å². The molecule has 1 saturated heterocycles. The summed E-state index contributed by atoms with van der Waals surface area (Å²) < 4.78 is 27.0. The maximum Gasteiger partial charge on any atom is 0.252 e. The molecule has 6 heteroatoms. The lowest BCUT2D eigenvalue weighted by molar-refractivity contribution is 0.334. The van der Waals surface area contributed by atoms with Crippen LogP contribution < -0.4 is 5.73 Å². The van der Waals surface area contributed by atoms with E-state index < -0.39 is 10.0 Å². The van der Waals surface area contributed by atoms with Crippen molar-refractivity contribution in [1.82, 2.24) is 4.31 Å². The topological polar surface area (TPSA) is 63.4 Å². The van der Waals surface area contributed by atoms with E-state index in [1.54, 1.807) is 10.4 Å². The fraction of sp³-hybridized carbons (Fsp3) is 0.636. The Morgan fingerprint density at radius 2 is 2.24 bits per heavy atom. The van der Waals surface area contributed by atoms with Gasteiger partial charge < -0.3 is 5.73 Å². The van der Waals surface area contributed by atoms with Crippen LogP contribution in [0.4, 0.5) is 0 Å². The molecule has 1 saturated carbocycles. The third-order valence-corrected chi connectivity index (χ3v) is 7.25. The molecular formula is C11H16N2O2S2. The maximum absolute atomic E-state index is 12.4. The second-order valence-corrected chi connectivity index (χ2v) is 8.12. The smallest absolute Gasteiger partial charge is 0.252 e. The average molecular weight is 272 g/mol. The minimum atomic E-state index is -3.26. The Morgan fingerprint density at radius 1 is 1.41 bits per heavy atom. The van der Waals surface area contributed by atoms with Crippen LogP contribution in [0.25, 0.3) is 0 Å². The number of thiophene rings is 1. The number of hydrogen-bond acceptors (Lipinski definition) is 4. The number of nitrogens with two attached hydrogens (primary N) is 1. The van der Waals surface area contributed by atoms with Gasteiger partial charge in [-0.2, -0.15) is 4.31 Å². The molecule has 17 heavy (non-hydrogen) atoms. The van der Waals surface area contributed by atoms with Gasteiger partial charge in [-0.25, -0.2) is 8.42 Å². The average Bonchev–Trinajstić information content (AvgIpc) is 3.04. The monoisotopic (exact) mass is 272 g/mol. The first-order chi connectivity index (χ1) is 8.11. The highest BCUT2D eigenvalue weighted by atomic mass is 32.2. The van der Waals surface area contributed by atoms with Gasteiger partial charge in [-0.3, -0.25) is 0 Å². The molecular weight excluding hydrogens is 256 g/mol. The fourth-order valence-electron chi connectivity index (χ4n) is 2.90. The van der Waals surface area contributed by atoms with E-state index in [2.05, 4.69) is 0 Å². The summed E-state index contributed by atoms with van der Waals surface area (Å²) in [6.07, 6.45) is 3.27. The molecule has 2 N–H and O–H groups in total.